The Labute approximate surface area is 133 Å². The first kappa shape index (κ1) is 15.3. The molecule has 1 aromatic rings. The zero-order chi connectivity index (χ0) is 15.0. The van der Waals surface area contributed by atoms with Crippen LogP contribution in [0.1, 0.15) is 64.2 Å². The summed E-state index contributed by atoms with van der Waals surface area (Å²) in [6, 6.07) is 6.98. The van der Waals surface area contributed by atoms with Gasteiger partial charge in [0.05, 0.1) is 6.04 Å². The van der Waals surface area contributed by atoms with E-state index in [0.29, 0.717) is 12.1 Å². The highest BCUT2D eigenvalue weighted by Gasteiger charge is 2.17. The molecule has 3 rings (SSSR count). The summed E-state index contributed by atoms with van der Waals surface area (Å²) < 4.78 is 0. The van der Waals surface area contributed by atoms with Gasteiger partial charge in [0, 0.05) is 12.2 Å². The molecule has 1 heterocycles. The molecule has 2 saturated carbocycles. The van der Waals surface area contributed by atoms with Crippen LogP contribution >= 0.6 is 0 Å². The molecule has 0 amide bonds. The molecule has 120 valence electrons. The van der Waals surface area contributed by atoms with Crippen molar-refractivity contribution in [3.05, 3.63) is 24.4 Å². The van der Waals surface area contributed by atoms with E-state index in [-0.39, 0.29) is 0 Å². The van der Waals surface area contributed by atoms with E-state index in [2.05, 4.69) is 15.6 Å². The highest BCUT2D eigenvalue weighted by atomic mass is 15.2. The average Bonchev–Trinajstić information content (AvgIpc) is 2.57. The van der Waals surface area contributed by atoms with Crippen LogP contribution in [0.25, 0.3) is 0 Å². The number of anilines is 1. The van der Waals surface area contributed by atoms with Crippen molar-refractivity contribution in [1.82, 2.24) is 10.3 Å². The van der Waals surface area contributed by atoms with E-state index in [1.807, 2.05) is 24.4 Å². The van der Waals surface area contributed by atoms with Gasteiger partial charge in [0.15, 0.2) is 5.96 Å². The molecule has 0 aromatic carbocycles. The highest BCUT2D eigenvalue weighted by molar-refractivity contribution is 5.93. The van der Waals surface area contributed by atoms with Crippen molar-refractivity contribution in [2.24, 2.45) is 4.99 Å². The predicted octanol–water partition coefficient (Wildman–Crippen LogP) is 4.10. The molecule has 2 N–H and O–H groups in total. The number of hydrogen-bond acceptors (Lipinski definition) is 2. The lowest BCUT2D eigenvalue weighted by Gasteiger charge is -2.26. The van der Waals surface area contributed by atoms with Crippen molar-refractivity contribution < 1.29 is 0 Å². The maximum Gasteiger partial charge on any atom is 0.197 e. The molecule has 2 fully saturated rings. The number of aromatic nitrogens is 1. The van der Waals surface area contributed by atoms with Crippen LogP contribution in [0.5, 0.6) is 0 Å². The molecule has 4 heteroatoms. The standard InChI is InChI=1S/C18H28N4/c1-3-9-15(10-4-1)20-18(21-16-11-5-2-6-12-16)22-17-13-7-8-14-19-17/h7-8,13-16H,1-6,9-12H2,(H2,19,20,21,22). The Balaban J connectivity index is 1.67. The fourth-order valence-electron chi connectivity index (χ4n) is 3.50. The maximum absolute atomic E-state index is 4.98. The topological polar surface area (TPSA) is 49.3 Å². The molecule has 0 bridgehead atoms. The first-order chi connectivity index (χ1) is 10.9. The number of nitrogens with zero attached hydrogens (tertiary/aromatic N) is 2. The van der Waals surface area contributed by atoms with E-state index >= 15 is 0 Å². The fourth-order valence-corrected chi connectivity index (χ4v) is 3.50. The van der Waals surface area contributed by atoms with Crippen LogP contribution in [-0.4, -0.2) is 23.0 Å². The molecule has 0 unspecified atom stereocenters. The third-order valence-corrected chi connectivity index (χ3v) is 4.74. The Morgan fingerprint density at radius 2 is 1.68 bits per heavy atom. The fraction of sp³-hybridized carbons (Fsp3) is 0.667. The van der Waals surface area contributed by atoms with Gasteiger partial charge in [0.2, 0.25) is 0 Å². The summed E-state index contributed by atoms with van der Waals surface area (Å²) in [4.78, 5) is 9.35. The smallest absolute Gasteiger partial charge is 0.197 e. The molecule has 2 aliphatic carbocycles. The van der Waals surface area contributed by atoms with Crippen LogP contribution in [0.15, 0.2) is 29.4 Å². The van der Waals surface area contributed by atoms with Crippen molar-refractivity contribution in [2.45, 2.75) is 76.3 Å². The van der Waals surface area contributed by atoms with Crippen LogP contribution < -0.4 is 10.6 Å². The van der Waals surface area contributed by atoms with Gasteiger partial charge in [-0.05, 0) is 37.8 Å². The van der Waals surface area contributed by atoms with Gasteiger partial charge in [0.25, 0.3) is 0 Å². The second-order valence-corrected chi connectivity index (χ2v) is 6.59. The van der Waals surface area contributed by atoms with Crippen molar-refractivity contribution in [3.63, 3.8) is 0 Å². The van der Waals surface area contributed by atoms with Crippen molar-refractivity contribution in [1.29, 1.82) is 0 Å². The maximum atomic E-state index is 4.98. The molecule has 0 radical (unpaired) electrons. The Hall–Kier alpha value is -1.58. The largest absolute Gasteiger partial charge is 0.353 e. The van der Waals surface area contributed by atoms with Crippen LogP contribution in [0.3, 0.4) is 0 Å². The molecule has 0 aliphatic heterocycles. The van der Waals surface area contributed by atoms with Crippen LogP contribution in [0, 0.1) is 0 Å². The third-order valence-electron chi connectivity index (χ3n) is 4.74. The Kier molecular flexibility index (Phi) is 5.68. The molecule has 4 nitrogen and oxygen atoms in total. The highest BCUT2D eigenvalue weighted by Crippen LogP contribution is 2.21. The summed E-state index contributed by atoms with van der Waals surface area (Å²) in [5, 5.41) is 7.05. The van der Waals surface area contributed by atoms with E-state index in [4.69, 9.17) is 4.99 Å². The summed E-state index contributed by atoms with van der Waals surface area (Å²) in [5.41, 5.74) is 0. The van der Waals surface area contributed by atoms with E-state index in [0.717, 1.165) is 11.8 Å². The minimum atomic E-state index is 0.469. The summed E-state index contributed by atoms with van der Waals surface area (Å²) in [6.45, 7) is 0. The lowest BCUT2D eigenvalue weighted by Crippen LogP contribution is -2.41. The van der Waals surface area contributed by atoms with Gasteiger partial charge in [-0.2, -0.15) is 0 Å². The first-order valence-corrected chi connectivity index (χ1v) is 8.92. The predicted molar refractivity (Wildman–Crippen MR) is 92.2 cm³/mol. The van der Waals surface area contributed by atoms with Gasteiger partial charge >= 0.3 is 0 Å². The zero-order valence-corrected chi connectivity index (χ0v) is 13.4. The number of aliphatic imine (C=N–C) groups is 1. The third kappa shape index (κ3) is 4.72. The lowest BCUT2D eigenvalue weighted by molar-refractivity contribution is 0.408. The minimum absolute atomic E-state index is 0.469. The van der Waals surface area contributed by atoms with Crippen LogP contribution in [0.4, 0.5) is 5.82 Å². The molecule has 22 heavy (non-hydrogen) atoms. The lowest BCUT2D eigenvalue weighted by atomic mass is 9.95. The molecular weight excluding hydrogens is 272 g/mol. The van der Waals surface area contributed by atoms with Crippen molar-refractivity contribution >= 4 is 11.8 Å². The van der Waals surface area contributed by atoms with E-state index < -0.39 is 0 Å². The second-order valence-electron chi connectivity index (χ2n) is 6.59. The zero-order valence-electron chi connectivity index (χ0n) is 13.4. The number of rotatable bonds is 3. The average molecular weight is 300 g/mol. The number of guanidine groups is 1. The number of pyridine rings is 1. The summed E-state index contributed by atoms with van der Waals surface area (Å²) in [7, 11) is 0. The van der Waals surface area contributed by atoms with Gasteiger partial charge in [-0.3, -0.25) is 0 Å². The van der Waals surface area contributed by atoms with Gasteiger partial charge < -0.3 is 10.6 Å². The number of nitrogens with one attached hydrogen (secondary N) is 2. The van der Waals surface area contributed by atoms with Gasteiger partial charge in [0.1, 0.15) is 5.82 Å². The van der Waals surface area contributed by atoms with Gasteiger partial charge in [-0.1, -0.05) is 44.6 Å². The van der Waals surface area contributed by atoms with Crippen LogP contribution in [-0.2, 0) is 0 Å². The molecular formula is C18H28N4. The van der Waals surface area contributed by atoms with Crippen LogP contribution in [0.2, 0.25) is 0 Å². The Morgan fingerprint density at radius 1 is 0.955 bits per heavy atom. The first-order valence-electron chi connectivity index (χ1n) is 8.92. The summed E-state index contributed by atoms with van der Waals surface area (Å²) in [6.07, 6.45) is 14.8. The SMILES string of the molecule is c1ccc(NC(=NC2CCCCC2)NC2CCCCC2)nc1. The molecule has 1 aromatic heterocycles. The number of hydrogen-bond donors (Lipinski definition) is 2. The Bertz CT molecular complexity index is 459. The quantitative estimate of drug-likeness (QED) is 0.652. The van der Waals surface area contributed by atoms with E-state index in [9.17, 15) is 0 Å². The molecule has 0 atom stereocenters. The van der Waals surface area contributed by atoms with Gasteiger partial charge in [-0.25, -0.2) is 9.98 Å². The summed E-state index contributed by atoms with van der Waals surface area (Å²) in [5.74, 6) is 1.80. The monoisotopic (exact) mass is 300 g/mol. The van der Waals surface area contributed by atoms with Gasteiger partial charge in [-0.15, -0.1) is 0 Å². The van der Waals surface area contributed by atoms with E-state index in [1.165, 1.54) is 64.2 Å². The molecule has 0 saturated heterocycles. The molecule has 0 spiro atoms. The van der Waals surface area contributed by atoms with Crippen molar-refractivity contribution in [2.75, 3.05) is 5.32 Å². The molecule has 2 aliphatic rings. The normalized spacial score (nSPS) is 21.5. The second kappa shape index (κ2) is 8.16. The van der Waals surface area contributed by atoms with E-state index in [1.54, 1.807) is 0 Å². The van der Waals surface area contributed by atoms with Crippen molar-refractivity contribution in [3.8, 4) is 0 Å². The summed E-state index contributed by atoms with van der Waals surface area (Å²) >= 11 is 0. The Morgan fingerprint density at radius 3 is 2.36 bits per heavy atom. The minimum Gasteiger partial charge on any atom is -0.353 e.